The van der Waals surface area contributed by atoms with E-state index < -0.39 is 0 Å². The predicted octanol–water partition coefficient (Wildman–Crippen LogP) is 10.3. The van der Waals surface area contributed by atoms with Crippen LogP contribution in [0.25, 0.3) is 0 Å². The van der Waals surface area contributed by atoms with E-state index in [-0.39, 0.29) is 11.8 Å². The highest BCUT2D eigenvalue weighted by atomic mass is 35.5. The Bertz CT molecular complexity index is 2270. The molecule has 0 bridgehead atoms. The molecule has 0 radical (unpaired) electrons. The second-order valence-electron chi connectivity index (χ2n) is 17.2. The first-order valence-corrected chi connectivity index (χ1v) is 27.4. The van der Waals surface area contributed by atoms with E-state index in [2.05, 4.69) is 99.0 Å². The van der Waals surface area contributed by atoms with E-state index in [4.69, 9.17) is 84.3 Å². The van der Waals surface area contributed by atoms with Gasteiger partial charge in [-0.15, -0.1) is 0 Å². The summed E-state index contributed by atoms with van der Waals surface area (Å²) in [5, 5.41) is 2.80. The standard InChI is InChI=1S/C53H65Cl4N5O8S2/c1-61-34-46(44-30-40(54)32-50(56)48(44)36-61)38-6-3-8-42(28-38)71-58-12-14-63-16-18-65-20-22-67-24-26-69-52-10-5-11-53(60-52)70-27-25-68-23-21-66-19-17-64-15-13-59-72-43-9-4-7-39(29-43)47-35-62(2)37-49-45(47)31-41(55)33-51(49)57/h3-11,28-33,46-47,58-59H,12-27,34-37H2,1-2H3. The van der Waals surface area contributed by atoms with Crippen LogP contribution in [0.1, 0.15) is 45.2 Å². The molecule has 2 aliphatic rings. The van der Waals surface area contributed by atoms with Crippen molar-refractivity contribution < 1.29 is 37.9 Å². The van der Waals surface area contributed by atoms with Crippen LogP contribution in [0, 0.1) is 0 Å². The Hall–Kier alpha value is -2.91. The molecule has 0 saturated heterocycles. The maximum Gasteiger partial charge on any atom is 0.216 e. The molecular formula is C53H65Cl4N5O8S2. The number of hydrogen-bond acceptors (Lipinski definition) is 15. The van der Waals surface area contributed by atoms with E-state index in [1.54, 1.807) is 36.0 Å². The van der Waals surface area contributed by atoms with Crippen LogP contribution in [0.4, 0.5) is 0 Å². The molecule has 390 valence electrons. The first-order chi connectivity index (χ1) is 35.2. The zero-order valence-electron chi connectivity index (χ0n) is 40.9. The maximum absolute atomic E-state index is 6.57. The van der Waals surface area contributed by atoms with Gasteiger partial charge in [0, 0.05) is 93.1 Å². The Kier molecular flexibility index (Phi) is 24.6. The average molecular weight is 1110 g/mol. The largest absolute Gasteiger partial charge is 0.475 e. The lowest BCUT2D eigenvalue weighted by molar-refractivity contribution is 0.00939. The molecule has 7 rings (SSSR count). The minimum absolute atomic E-state index is 0.203. The van der Waals surface area contributed by atoms with E-state index in [0.29, 0.717) is 127 Å². The highest BCUT2D eigenvalue weighted by Gasteiger charge is 2.29. The van der Waals surface area contributed by atoms with Gasteiger partial charge in [-0.2, -0.15) is 4.98 Å². The zero-order chi connectivity index (χ0) is 50.3. The smallest absolute Gasteiger partial charge is 0.216 e. The summed E-state index contributed by atoms with van der Waals surface area (Å²) in [6, 6.07) is 30.4. The first-order valence-electron chi connectivity index (χ1n) is 24.2. The fraction of sp³-hybridized carbons (Fsp3) is 0.453. The summed E-state index contributed by atoms with van der Waals surface area (Å²) in [6.07, 6.45) is 0. The molecule has 0 spiro atoms. The number of nitrogens with one attached hydrogen (secondary N) is 2. The third-order valence-electron chi connectivity index (χ3n) is 11.7. The monoisotopic (exact) mass is 1100 g/mol. The summed E-state index contributed by atoms with van der Waals surface area (Å²) >= 11 is 29.1. The van der Waals surface area contributed by atoms with E-state index >= 15 is 0 Å². The van der Waals surface area contributed by atoms with Gasteiger partial charge in [0.15, 0.2) is 0 Å². The number of ether oxygens (including phenoxy) is 8. The molecule has 5 aromatic rings. The number of aromatic nitrogens is 1. The Labute approximate surface area is 453 Å². The Morgan fingerprint density at radius 2 is 0.861 bits per heavy atom. The summed E-state index contributed by atoms with van der Waals surface area (Å²) < 4.78 is 52.3. The molecule has 2 unspecified atom stereocenters. The van der Waals surface area contributed by atoms with Gasteiger partial charge in [0.05, 0.1) is 79.3 Å². The van der Waals surface area contributed by atoms with E-state index in [1.165, 1.54) is 22.3 Å². The zero-order valence-corrected chi connectivity index (χ0v) is 45.5. The van der Waals surface area contributed by atoms with E-state index in [9.17, 15) is 0 Å². The summed E-state index contributed by atoms with van der Waals surface area (Å²) in [5.74, 6) is 1.33. The van der Waals surface area contributed by atoms with Crippen molar-refractivity contribution in [2.75, 3.05) is 133 Å². The number of fused-ring (bicyclic) bond motifs is 2. The van der Waals surface area contributed by atoms with Gasteiger partial charge in [0.1, 0.15) is 13.2 Å². The molecule has 4 aromatic carbocycles. The number of nitrogens with zero attached hydrogens (tertiary/aromatic N) is 3. The molecular weight excluding hydrogens is 1040 g/mol. The van der Waals surface area contributed by atoms with Gasteiger partial charge in [0.2, 0.25) is 11.8 Å². The molecule has 72 heavy (non-hydrogen) atoms. The van der Waals surface area contributed by atoms with Crippen LogP contribution in [-0.4, -0.2) is 148 Å². The molecule has 3 heterocycles. The summed E-state index contributed by atoms with van der Waals surface area (Å²) in [4.78, 5) is 11.3. The average Bonchev–Trinajstić information content (AvgIpc) is 3.37. The third-order valence-corrected chi connectivity index (χ3v) is 14.5. The fourth-order valence-corrected chi connectivity index (χ4v) is 10.9. The lowest BCUT2D eigenvalue weighted by Crippen LogP contribution is -2.31. The lowest BCUT2D eigenvalue weighted by Gasteiger charge is -2.33. The second kappa shape index (κ2) is 31.2. The van der Waals surface area contributed by atoms with Crippen LogP contribution < -0.4 is 18.9 Å². The number of hydrogen-bond donors (Lipinski definition) is 2. The molecule has 2 aliphatic heterocycles. The second-order valence-corrected chi connectivity index (χ2v) is 20.8. The predicted molar refractivity (Wildman–Crippen MR) is 290 cm³/mol. The molecule has 2 atom stereocenters. The number of benzene rings is 4. The van der Waals surface area contributed by atoms with Gasteiger partial charge in [-0.05, 0) is 120 Å². The Morgan fingerprint density at radius 3 is 1.28 bits per heavy atom. The summed E-state index contributed by atoms with van der Waals surface area (Å²) in [6.45, 7) is 11.4. The quantitative estimate of drug-likeness (QED) is 0.0314. The fourth-order valence-electron chi connectivity index (χ4n) is 8.40. The van der Waals surface area contributed by atoms with E-state index in [1.807, 2.05) is 18.2 Å². The Balaban J connectivity index is 0.625. The molecule has 0 fully saturated rings. The first kappa shape index (κ1) is 56.8. The molecule has 13 nitrogen and oxygen atoms in total. The van der Waals surface area contributed by atoms with Crippen LogP contribution in [-0.2, 0) is 41.5 Å². The van der Waals surface area contributed by atoms with Crippen molar-refractivity contribution in [3.8, 4) is 11.8 Å². The minimum Gasteiger partial charge on any atom is -0.475 e. The van der Waals surface area contributed by atoms with Crippen molar-refractivity contribution in [1.29, 1.82) is 0 Å². The third kappa shape index (κ3) is 18.7. The Morgan fingerprint density at radius 1 is 0.486 bits per heavy atom. The molecule has 0 amide bonds. The highest BCUT2D eigenvalue weighted by Crippen LogP contribution is 2.40. The van der Waals surface area contributed by atoms with Gasteiger partial charge in [-0.3, -0.25) is 9.44 Å². The number of halogens is 4. The van der Waals surface area contributed by atoms with Crippen LogP contribution >= 0.6 is 70.3 Å². The number of rotatable bonds is 32. The van der Waals surface area contributed by atoms with Crippen LogP contribution in [0.15, 0.2) is 101 Å². The molecule has 1 aromatic heterocycles. The number of likely N-dealkylation sites (N-methyl/N-ethyl adjacent to an activating group) is 2. The van der Waals surface area contributed by atoms with Crippen molar-refractivity contribution in [3.05, 3.63) is 144 Å². The van der Waals surface area contributed by atoms with Gasteiger partial charge in [-0.25, -0.2) is 0 Å². The van der Waals surface area contributed by atoms with Crippen LogP contribution in [0.3, 0.4) is 0 Å². The van der Waals surface area contributed by atoms with Crippen molar-refractivity contribution in [2.24, 2.45) is 0 Å². The summed E-state index contributed by atoms with van der Waals surface area (Å²) in [5.41, 5.74) is 7.20. The van der Waals surface area contributed by atoms with Crippen molar-refractivity contribution in [1.82, 2.24) is 24.2 Å². The van der Waals surface area contributed by atoms with Crippen LogP contribution in [0.5, 0.6) is 11.8 Å². The molecule has 0 aliphatic carbocycles. The SMILES string of the molecule is CN1Cc2c(Cl)cc(Cl)cc2C(c2cccc(SNCCOCCOCCOCCOc3cccc(OCCOCCOCCOCCNSc4cccc(C5CN(C)Cc6c(Cl)cc(Cl)cc65)c4)n3)c2)C1. The van der Waals surface area contributed by atoms with E-state index in [0.717, 1.165) is 57.1 Å². The van der Waals surface area contributed by atoms with Gasteiger partial charge >= 0.3 is 0 Å². The minimum atomic E-state index is 0.203. The van der Waals surface area contributed by atoms with Crippen molar-refractivity contribution in [2.45, 2.75) is 34.7 Å². The van der Waals surface area contributed by atoms with Gasteiger partial charge in [0.25, 0.3) is 0 Å². The normalized spacial score (nSPS) is 15.9. The van der Waals surface area contributed by atoms with Crippen molar-refractivity contribution >= 4 is 70.3 Å². The van der Waals surface area contributed by atoms with Gasteiger partial charge in [-0.1, -0.05) is 76.7 Å². The highest BCUT2D eigenvalue weighted by molar-refractivity contribution is 7.97. The van der Waals surface area contributed by atoms with Crippen molar-refractivity contribution in [3.63, 3.8) is 0 Å². The van der Waals surface area contributed by atoms with Crippen LogP contribution in [0.2, 0.25) is 20.1 Å². The lowest BCUT2D eigenvalue weighted by atomic mass is 9.85. The molecule has 0 saturated carbocycles. The number of pyridine rings is 1. The molecule has 19 heteroatoms. The summed E-state index contributed by atoms with van der Waals surface area (Å²) in [7, 11) is 4.25. The van der Waals surface area contributed by atoms with Gasteiger partial charge < -0.3 is 47.7 Å². The maximum atomic E-state index is 6.57. The molecule has 2 N–H and O–H groups in total. The topological polar surface area (TPSA) is 117 Å².